The highest BCUT2D eigenvalue weighted by atomic mass is 16.5. The van der Waals surface area contributed by atoms with Gasteiger partial charge in [-0.1, -0.05) is 6.92 Å². The predicted molar refractivity (Wildman–Crippen MR) is 64.3 cm³/mol. The molecule has 0 aliphatic heterocycles. The van der Waals surface area contributed by atoms with Crippen LogP contribution in [0.5, 0.6) is 11.5 Å². The van der Waals surface area contributed by atoms with Crippen molar-refractivity contribution in [2.45, 2.75) is 13.3 Å². The zero-order valence-electron chi connectivity index (χ0n) is 10.4. The van der Waals surface area contributed by atoms with Crippen molar-refractivity contribution in [3.63, 3.8) is 0 Å². The molecular weight excluding hydrogens is 220 g/mol. The van der Waals surface area contributed by atoms with Gasteiger partial charge in [0.1, 0.15) is 11.5 Å². The Hall–Kier alpha value is -1.71. The van der Waals surface area contributed by atoms with Gasteiger partial charge in [-0.15, -0.1) is 0 Å². The molecule has 0 aliphatic rings. The van der Waals surface area contributed by atoms with Crippen molar-refractivity contribution in [1.29, 1.82) is 0 Å². The van der Waals surface area contributed by atoms with E-state index in [9.17, 15) is 4.79 Å². The Morgan fingerprint density at radius 2 is 1.76 bits per heavy atom. The maximum Gasteiger partial charge on any atom is 0.308 e. The van der Waals surface area contributed by atoms with Crippen LogP contribution >= 0.6 is 0 Å². The van der Waals surface area contributed by atoms with Crippen LogP contribution in [0.4, 0.5) is 0 Å². The molecule has 0 aromatic heterocycles. The molecule has 0 heterocycles. The number of esters is 1. The lowest BCUT2D eigenvalue weighted by Gasteiger charge is -2.10. The number of rotatable bonds is 6. The highest BCUT2D eigenvalue weighted by Gasteiger charge is 2.12. The highest BCUT2D eigenvalue weighted by molar-refractivity contribution is 5.71. The third kappa shape index (κ3) is 4.34. The number of methoxy groups -OCH3 is 2. The standard InChI is InChI=1S/C13H18O4/c1-10(13(14)16-3)8-9-17-12-6-4-11(15-2)5-7-12/h4-7,10H,8-9H2,1-3H3. The van der Waals surface area contributed by atoms with Gasteiger partial charge in [0.25, 0.3) is 0 Å². The Kier molecular flexibility index (Phi) is 5.33. The van der Waals surface area contributed by atoms with E-state index in [1.54, 1.807) is 7.11 Å². The number of hydrogen-bond donors (Lipinski definition) is 0. The van der Waals surface area contributed by atoms with Crippen LogP contribution in [0, 0.1) is 5.92 Å². The SMILES string of the molecule is COC(=O)C(C)CCOc1ccc(OC)cc1. The number of ether oxygens (including phenoxy) is 3. The maximum atomic E-state index is 11.1. The third-order valence-electron chi connectivity index (χ3n) is 2.48. The summed E-state index contributed by atoms with van der Waals surface area (Å²) in [5.74, 6) is 1.21. The minimum Gasteiger partial charge on any atom is -0.497 e. The van der Waals surface area contributed by atoms with Gasteiger partial charge in [0.15, 0.2) is 0 Å². The van der Waals surface area contributed by atoms with E-state index in [4.69, 9.17) is 9.47 Å². The molecule has 1 atom stereocenters. The fourth-order valence-corrected chi connectivity index (χ4v) is 1.34. The first kappa shape index (κ1) is 13.4. The lowest BCUT2D eigenvalue weighted by molar-refractivity contribution is -0.145. The van der Waals surface area contributed by atoms with E-state index < -0.39 is 0 Å². The minimum absolute atomic E-state index is 0.141. The van der Waals surface area contributed by atoms with Gasteiger partial charge >= 0.3 is 5.97 Å². The lowest BCUT2D eigenvalue weighted by Crippen LogP contribution is -2.15. The summed E-state index contributed by atoms with van der Waals surface area (Å²) in [6, 6.07) is 7.33. The van der Waals surface area contributed by atoms with Crippen LogP contribution in [-0.4, -0.2) is 26.8 Å². The molecule has 0 radical (unpaired) electrons. The van der Waals surface area contributed by atoms with Crippen molar-refractivity contribution in [3.05, 3.63) is 24.3 Å². The molecule has 0 saturated carbocycles. The average Bonchev–Trinajstić information content (AvgIpc) is 2.38. The molecule has 0 bridgehead atoms. The summed E-state index contributed by atoms with van der Waals surface area (Å²) in [5, 5.41) is 0. The zero-order chi connectivity index (χ0) is 12.7. The Morgan fingerprint density at radius 1 is 1.18 bits per heavy atom. The van der Waals surface area contributed by atoms with Gasteiger partial charge in [0, 0.05) is 0 Å². The van der Waals surface area contributed by atoms with Crippen LogP contribution in [0.2, 0.25) is 0 Å². The van der Waals surface area contributed by atoms with E-state index in [2.05, 4.69) is 4.74 Å². The Morgan fingerprint density at radius 3 is 2.29 bits per heavy atom. The fourth-order valence-electron chi connectivity index (χ4n) is 1.34. The van der Waals surface area contributed by atoms with Crippen molar-refractivity contribution in [3.8, 4) is 11.5 Å². The summed E-state index contributed by atoms with van der Waals surface area (Å²) in [6.07, 6.45) is 0.638. The zero-order valence-corrected chi connectivity index (χ0v) is 10.4. The van der Waals surface area contributed by atoms with Crippen LogP contribution in [0.15, 0.2) is 24.3 Å². The van der Waals surface area contributed by atoms with Crippen molar-refractivity contribution < 1.29 is 19.0 Å². The second-order valence-electron chi connectivity index (χ2n) is 3.74. The first-order valence-corrected chi connectivity index (χ1v) is 5.52. The molecule has 0 N–H and O–H groups in total. The summed E-state index contributed by atoms with van der Waals surface area (Å²) < 4.78 is 15.2. The molecule has 0 aliphatic carbocycles. The first-order valence-electron chi connectivity index (χ1n) is 5.52. The van der Waals surface area contributed by atoms with Gasteiger partial charge in [0.05, 0.1) is 26.7 Å². The van der Waals surface area contributed by atoms with Crippen LogP contribution in [0.1, 0.15) is 13.3 Å². The largest absolute Gasteiger partial charge is 0.497 e. The molecule has 1 aromatic rings. The number of hydrogen-bond acceptors (Lipinski definition) is 4. The second kappa shape index (κ2) is 6.78. The third-order valence-corrected chi connectivity index (χ3v) is 2.48. The molecule has 1 unspecified atom stereocenters. The first-order chi connectivity index (χ1) is 8.17. The van der Waals surface area contributed by atoms with E-state index in [0.29, 0.717) is 13.0 Å². The fraction of sp³-hybridized carbons (Fsp3) is 0.462. The van der Waals surface area contributed by atoms with Crippen LogP contribution in [0.25, 0.3) is 0 Å². The van der Waals surface area contributed by atoms with E-state index in [1.807, 2.05) is 31.2 Å². The van der Waals surface area contributed by atoms with E-state index in [0.717, 1.165) is 11.5 Å². The Labute approximate surface area is 101 Å². The normalized spacial score (nSPS) is 11.7. The molecule has 4 heteroatoms. The van der Waals surface area contributed by atoms with Crippen LogP contribution in [0.3, 0.4) is 0 Å². The average molecular weight is 238 g/mol. The maximum absolute atomic E-state index is 11.1. The monoisotopic (exact) mass is 238 g/mol. The predicted octanol–water partition coefficient (Wildman–Crippen LogP) is 2.27. The van der Waals surface area contributed by atoms with Crippen LogP contribution < -0.4 is 9.47 Å². The van der Waals surface area contributed by atoms with Crippen molar-refractivity contribution in [2.75, 3.05) is 20.8 Å². The topological polar surface area (TPSA) is 44.8 Å². The molecule has 0 spiro atoms. The quantitative estimate of drug-likeness (QED) is 0.713. The van der Waals surface area contributed by atoms with E-state index in [1.165, 1.54) is 7.11 Å². The highest BCUT2D eigenvalue weighted by Crippen LogP contribution is 2.17. The van der Waals surface area contributed by atoms with Crippen LogP contribution in [-0.2, 0) is 9.53 Å². The molecule has 1 aromatic carbocycles. The van der Waals surface area contributed by atoms with Gasteiger partial charge in [0.2, 0.25) is 0 Å². The molecule has 17 heavy (non-hydrogen) atoms. The number of carbonyl (C=O) groups is 1. The molecule has 94 valence electrons. The molecule has 1 rings (SSSR count). The summed E-state index contributed by atoms with van der Waals surface area (Å²) >= 11 is 0. The Bertz CT molecular complexity index is 345. The summed E-state index contributed by atoms with van der Waals surface area (Å²) in [6.45, 7) is 2.31. The van der Waals surface area contributed by atoms with Gasteiger partial charge < -0.3 is 14.2 Å². The lowest BCUT2D eigenvalue weighted by atomic mass is 10.1. The molecular formula is C13H18O4. The smallest absolute Gasteiger partial charge is 0.308 e. The van der Waals surface area contributed by atoms with Crippen molar-refractivity contribution >= 4 is 5.97 Å². The number of carbonyl (C=O) groups excluding carboxylic acids is 1. The summed E-state index contributed by atoms with van der Waals surface area (Å²) in [5.41, 5.74) is 0. The van der Waals surface area contributed by atoms with E-state index in [-0.39, 0.29) is 11.9 Å². The van der Waals surface area contributed by atoms with Crippen molar-refractivity contribution in [1.82, 2.24) is 0 Å². The second-order valence-corrected chi connectivity index (χ2v) is 3.74. The summed E-state index contributed by atoms with van der Waals surface area (Å²) in [4.78, 5) is 11.1. The van der Waals surface area contributed by atoms with Gasteiger partial charge in [-0.05, 0) is 30.7 Å². The Balaban J connectivity index is 2.33. The van der Waals surface area contributed by atoms with Crippen molar-refractivity contribution in [2.24, 2.45) is 5.92 Å². The molecule has 0 saturated heterocycles. The van der Waals surface area contributed by atoms with E-state index >= 15 is 0 Å². The summed E-state index contributed by atoms with van der Waals surface area (Å²) in [7, 11) is 3.01. The van der Waals surface area contributed by atoms with Gasteiger partial charge in [-0.3, -0.25) is 4.79 Å². The molecule has 0 fully saturated rings. The molecule has 4 nitrogen and oxygen atoms in total. The molecule has 0 amide bonds. The minimum atomic E-state index is -0.205. The van der Waals surface area contributed by atoms with Gasteiger partial charge in [-0.2, -0.15) is 0 Å². The van der Waals surface area contributed by atoms with Gasteiger partial charge in [-0.25, -0.2) is 0 Å². The number of benzene rings is 1.